The zero-order valence-corrected chi connectivity index (χ0v) is 10.9. The minimum absolute atomic E-state index is 0.0162. The highest BCUT2D eigenvalue weighted by Crippen LogP contribution is 2.24. The molecule has 0 radical (unpaired) electrons. The van der Waals surface area contributed by atoms with E-state index in [1.54, 1.807) is 18.2 Å². The maximum atomic E-state index is 12.0. The molecule has 0 spiro atoms. The fraction of sp³-hybridized carbons (Fsp3) is 0.429. The van der Waals surface area contributed by atoms with E-state index in [-0.39, 0.29) is 24.5 Å². The topological polar surface area (TPSA) is 78.4 Å². The molecule has 1 heterocycles. The van der Waals surface area contributed by atoms with Gasteiger partial charge in [0.2, 0.25) is 5.91 Å². The van der Waals surface area contributed by atoms with Crippen molar-refractivity contribution in [2.45, 2.75) is 32.2 Å². The third-order valence-electron chi connectivity index (χ3n) is 3.17. The van der Waals surface area contributed by atoms with Crippen LogP contribution in [0.5, 0.6) is 0 Å². The number of benzene rings is 1. The first kappa shape index (κ1) is 13.5. The fourth-order valence-electron chi connectivity index (χ4n) is 2.13. The Bertz CT molecular complexity index is 499. The quantitative estimate of drug-likeness (QED) is 0.742. The molecule has 3 N–H and O–H groups in total. The summed E-state index contributed by atoms with van der Waals surface area (Å²) in [6.45, 7) is 2.04. The number of rotatable bonds is 5. The number of hydrogen-bond donors (Lipinski definition) is 3. The lowest BCUT2D eigenvalue weighted by Gasteiger charge is -2.13. The molecule has 1 aliphatic heterocycles. The van der Waals surface area contributed by atoms with Gasteiger partial charge in [0.1, 0.15) is 0 Å². The maximum Gasteiger partial charge on any atom is 0.251 e. The Labute approximate surface area is 112 Å². The molecule has 2 rings (SSSR count). The van der Waals surface area contributed by atoms with Crippen LogP contribution in [0.1, 0.15) is 35.7 Å². The molecule has 1 unspecified atom stereocenters. The van der Waals surface area contributed by atoms with Gasteiger partial charge in [0.05, 0.1) is 6.42 Å². The molecule has 19 heavy (non-hydrogen) atoms. The summed E-state index contributed by atoms with van der Waals surface area (Å²) >= 11 is 0. The van der Waals surface area contributed by atoms with Crippen molar-refractivity contribution in [3.8, 4) is 0 Å². The Morgan fingerprint density at radius 2 is 2.32 bits per heavy atom. The predicted octanol–water partition coefficient (Wildman–Crippen LogP) is 1.07. The van der Waals surface area contributed by atoms with Gasteiger partial charge in [0, 0.05) is 23.9 Å². The Balaban J connectivity index is 2.00. The highest BCUT2D eigenvalue weighted by atomic mass is 16.3. The SMILES string of the molecule is CC(CCCO)NC(=O)c1ccc2c(c1)NC(=O)C2. The number of hydrogen-bond acceptors (Lipinski definition) is 3. The third-order valence-corrected chi connectivity index (χ3v) is 3.17. The summed E-state index contributed by atoms with van der Waals surface area (Å²) in [5.41, 5.74) is 2.19. The number of fused-ring (bicyclic) bond motifs is 1. The Morgan fingerprint density at radius 1 is 1.53 bits per heavy atom. The Hall–Kier alpha value is -1.88. The van der Waals surface area contributed by atoms with Crippen LogP contribution in [0.25, 0.3) is 0 Å². The summed E-state index contributed by atoms with van der Waals surface area (Å²) < 4.78 is 0. The minimum Gasteiger partial charge on any atom is -0.396 e. The van der Waals surface area contributed by atoms with Crippen LogP contribution in [0.4, 0.5) is 5.69 Å². The molecule has 0 aromatic heterocycles. The standard InChI is InChI=1S/C14H18N2O3/c1-9(3-2-6-17)15-14(19)11-5-4-10-8-13(18)16-12(10)7-11/h4-5,7,9,17H,2-3,6,8H2,1H3,(H,15,19)(H,16,18). The highest BCUT2D eigenvalue weighted by Gasteiger charge is 2.19. The number of amides is 2. The number of aliphatic hydroxyl groups excluding tert-OH is 1. The van der Waals surface area contributed by atoms with E-state index in [1.165, 1.54) is 0 Å². The van der Waals surface area contributed by atoms with Crippen molar-refractivity contribution in [1.82, 2.24) is 5.32 Å². The van der Waals surface area contributed by atoms with Gasteiger partial charge in [-0.3, -0.25) is 9.59 Å². The summed E-state index contributed by atoms with van der Waals surface area (Å²) in [4.78, 5) is 23.3. The van der Waals surface area contributed by atoms with E-state index in [1.807, 2.05) is 6.92 Å². The maximum absolute atomic E-state index is 12.0. The van der Waals surface area contributed by atoms with Gasteiger partial charge < -0.3 is 15.7 Å². The molecule has 0 saturated heterocycles. The van der Waals surface area contributed by atoms with Crippen molar-refractivity contribution in [3.63, 3.8) is 0 Å². The van der Waals surface area contributed by atoms with Crippen molar-refractivity contribution in [3.05, 3.63) is 29.3 Å². The van der Waals surface area contributed by atoms with E-state index >= 15 is 0 Å². The van der Waals surface area contributed by atoms with Gasteiger partial charge in [0.25, 0.3) is 5.91 Å². The Morgan fingerprint density at radius 3 is 3.05 bits per heavy atom. The molecule has 1 aromatic rings. The molecule has 1 aromatic carbocycles. The third kappa shape index (κ3) is 3.32. The van der Waals surface area contributed by atoms with Crippen molar-refractivity contribution in [2.75, 3.05) is 11.9 Å². The second-order valence-electron chi connectivity index (χ2n) is 4.84. The molecule has 0 bridgehead atoms. The minimum atomic E-state index is -0.158. The van der Waals surface area contributed by atoms with Crippen molar-refractivity contribution < 1.29 is 14.7 Å². The molecular weight excluding hydrogens is 244 g/mol. The predicted molar refractivity (Wildman–Crippen MR) is 72.0 cm³/mol. The molecule has 1 aliphatic rings. The largest absolute Gasteiger partial charge is 0.396 e. The molecule has 1 atom stereocenters. The second kappa shape index (κ2) is 5.84. The van der Waals surface area contributed by atoms with Gasteiger partial charge >= 0.3 is 0 Å². The van der Waals surface area contributed by atoms with Crippen LogP contribution in [0.3, 0.4) is 0 Å². The van der Waals surface area contributed by atoms with Crippen LogP contribution in [-0.2, 0) is 11.2 Å². The number of carbonyl (C=O) groups excluding carboxylic acids is 2. The number of aliphatic hydroxyl groups is 1. The molecule has 5 nitrogen and oxygen atoms in total. The van der Waals surface area contributed by atoms with Crippen LogP contribution in [0.15, 0.2) is 18.2 Å². The number of nitrogens with one attached hydrogen (secondary N) is 2. The molecule has 102 valence electrons. The molecule has 0 fully saturated rings. The van der Waals surface area contributed by atoms with Gasteiger partial charge in [-0.25, -0.2) is 0 Å². The second-order valence-corrected chi connectivity index (χ2v) is 4.84. The smallest absolute Gasteiger partial charge is 0.251 e. The molecule has 5 heteroatoms. The summed E-state index contributed by atoms with van der Waals surface area (Å²) in [6.07, 6.45) is 1.79. The van der Waals surface area contributed by atoms with Crippen molar-refractivity contribution in [2.24, 2.45) is 0 Å². The monoisotopic (exact) mass is 262 g/mol. The average Bonchev–Trinajstić information content (AvgIpc) is 2.75. The lowest BCUT2D eigenvalue weighted by atomic mass is 10.1. The zero-order valence-electron chi connectivity index (χ0n) is 10.9. The molecule has 2 amide bonds. The first-order valence-corrected chi connectivity index (χ1v) is 6.44. The van der Waals surface area contributed by atoms with E-state index in [4.69, 9.17) is 5.11 Å². The number of anilines is 1. The fourth-order valence-corrected chi connectivity index (χ4v) is 2.13. The highest BCUT2D eigenvalue weighted by molar-refractivity contribution is 6.02. The normalized spacial score (nSPS) is 14.7. The summed E-state index contributed by atoms with van der Waals surface area (Å²) in [5.74, 6) is -0.196. The van der Waals surface area contributed by atoms with Crippen molar-refractivity contribution >= 4 is 17.5 Å². The van der Waals surface area contributed by atoms with E-state index in [2.05, 4.69) is 10.6 Å². The van der Waals surface area contributed by atoms with Crippen molar-refractivity contribution in [1.29, 1.82) is 0 Å². The summed E-state index contributed by atoms with van der Waals surface area (Å²) in [5, 5.41) is 14.3. The van der Waals surface area contributed by atoms with Gasteiger partial charge in [-0.1, -0.05) is 6.07 Å². The summed E-state index contributed by atoms with van der Waals surface area (Å²) in [7, 11) is 0. The van der Waals surface area contributed by atoms with Crippen LogP contribution in [0, 0.1) is 0 Å². The van der Waals surface area contributed by atoms with E-state index in [0.29, 0.717) is 18.4 Å². The molecule has 0 aliphatic carbocycles. The van der Waals surface area contributed by atoms with E-state index < -0.39 is 0 Å². The van der Waals surface area contributed by atoms with Gasteiger partial charge in [-0.2, -0.15) is 0 Å². The van der Waals surface area contributed by atoms with E-state index in [0.717, 1.165) is 17.7 Å². The number of carbonyl (C=O) groups is 2. The lowest BCUT2D eigenvalue weighted by molar-refractivity contribution is -0.115. The van der Waals surface area contributed by atoms with Gasteiger partial charge in [-0.15, -0.1) is 0 Å². The van der Waals surface area contributed by atoms with Crippen LogP contribution >= 0.6 is 0 Å². The average molecular weight is 262 g/mol. The van der Waals surface area contributed by atoms with Gasteiger partial charge in [-0.05, 0) is 37.5 Å². The molecule has 0 saturated carbocycles. The molecular formula is C14H18N2O3. The van der Waals surface area contributed by atoms with Gasteiger partial charge in [0.15, 0.2) is 0 Å². The lowest BCUT2D eigenvalue weighted by Crippen LogP contribution is -2.32. The van der Waals surface area contributed by atoms with Crippen LogP contribution in [-0.4, -0.2) is 29.6 Å². The first-order valence-electron chi connectivity index (χ1n) is 6.44. The van der Waals surface area contributed by atoms with E-state index in [9.17, 15) is 9.59 Å². The van der Waals surface area contributed by atoms with Crippen LogP contribution < -0.4 is 10.6 Å². The first-order chi connectivity index (χ1) is 9.10. The Kier molecular flexibility index (Phi) is 4.16. The zero-order chi connectivity index (χ0) is 13.8. The summed E-state index contributed by atoms with van der Waals surface area (Å²) in [6, 6.07) is 5.25. The van der Waals surface area contributed by atoms with Crippen LogP contribution in [0.2, 0.25) is 0 Å².